The zero-order valence-corrected chi connectivity index (χ0v) is 13.4. The molecule has 0 spiro atoms. The van der Waals surface area contributed by atoms with Crippen molar-refractivity contribution in [1.82, 2.24) is 14.3 Å². The van der Waals surface area contributed by atoms with Crippen LogP contribution in [0.25, 0.3) is 16.7 Å². The van der Waals surface area contributed by atoms with Crippen LogP contribution in [-0.4, -0.2) is 19.3 Å². The van der Waals surface area contributed by atoms with E-state index >= 15 is 0 Å². The van der Waals surface area contributed by atoms with E-state index in [1.807, 2.05) is 6.92 Å². The number of nitro groups is 1. The van der Waals surface area contributed by atoms with Crippen molar-refractivity contribution < 1.29 is 4.92 Å². The molecule has 3 rings (SSSR count). The first kappa shape index (κ1) is 15.5. The number of aromatic nitrogens is 3. The van der Waals surface area contributed by atoms with Crippen LogP contribution in [-0.2, 0) is 6.54 Å². The summed E-state index contributed by atoms with van der Waals surface area (Å²) in [5.41, 5.74) is 1.25. The van der Waals surface area contributed by atoms with Gasteiger partial charge in [0.2, 0.25) is 0 Å². The van der Waals surface area contributed by atoms with Crippen LogP contribution in [0.1, 0.15) is 6.92 Å². The molecule has 0 saturated heterocycles. The fraction of sp³-hybridized carbons (Fsp3) is 0.143. The van der Waals surface area contributed by atoms with Gasteiger partial charge in [0.1, 0.15) is 5.69 Å². The smallest absolute Gasteiger partial charge is 0.272 e. The molecule has 118 valence electrons. The maximum Gasteiger partial charge on any atom is 0.272 e. The Morgan fingerprint density at radius 3 is 2.43 bits per heavy atom. The monoisotopic (exact) mass is 352 g/mol. The van der Waals surface area contributed by atoms with Gasteiger partial charge in [-0.05, 0) is 13.0 Å². The minimum Gasteiger partial charge on any atom is -0.306 e. The lowest BCUT2D eigenvalue weighted by molar-refractivity contribution is -0.384. The van der Waals surface area contributed by atoms with E-state index in [9.17, 15) is 14.9 Å². The van der Waals surface area contributed by atoms with Crippen molar-refractivity contribution in [3.8, 4) is 5.69 Å². The first-order valence-corrected chi connectivity index (χ1v) is 7.41. The molecule has 0 bridgehead atoms. The van der Waals surface area contributed by atoms with Crippen molar-refractivity contribution >= 4 is 39.9 Å². The standard InChI is InChI=1S/C14H10Cl2N4O3/c1-2-18-12-7-17-19(11(12)3-4-13(18)21)14-9(15)5-8(20(22)23)6-10(14)16/h3-7H,2H2,1H3. The van der Waals surface area contributed by atoms with Gasteiger partial charge in [-0.15, -0.1) is 0 Å². The molecule has 9 heteroatoms. The molecule has 0 unspecified atom stereocenters. The van der Waals surface area contributed by atoms with Crippen LogP contribution < -0.4 is 5.56 Å². The van der Waals surface area contributed by atoms with Crippen LogP contribution in [0.2, 0.25) is 10.0 Å². The second-order valence-corrected chi connectivity index (χ2v) is 5.57. The summed E-state index contributed by atoms with van der Waals surface area (Å²) in [6, 6.07) is 5.47. The predicted octanol–water partition coefficient (Wildman–Crippen LogP) is 3.42. The third-order valence-corrected chi connectivity index (χ3v) is 4.04. The highest BCUT2D eigenvalue weighted by Crippen LogP contribution is 2.34. The number of benzene rings is 1. The summed E-state index contributed by atoms with van der Waals surface area (Å²) in [7, 11) is 0. The third-order valence-electron chi connectivity index (χ3n) is 3.47. The molecule has 1 aromatic carbocycles. The Kier molecular flexibility index (Phi) is 3.83. The van der Waals surface area contributed by atoms with E-state index in [-0.39, 0.29) is 21.3 Å². The van der Waals surface area contributed by atoms with E-state index in [0.29, 0.717) is 23.3 Å². The SMILES string of the molecule is CCn1c(=O)ccc2c1cnn2-c1c(Cl)cc([N+](=O)[O-])cc1Cl. The largest absolute Gasteiger partial charge is 0.306 e. The molecule has 0 N–H and O–H groups in total. The zero-order chi connectivity index (χ0) is 16.7. The van der Waals surface area contributed by atoms with Gasteiger partial charge in [-0.2, -0.15) is 5.10 Å². The lowest BCUT2D eigenvalue weighted by Gasteiger charge is -2.09. The maximum atomic E-state index is 11.9. The average Bonchev–Trinajstić information content (AvgIpc) is 2.90. The summed E-state index contributed by atoms with van der Waals surface area (Å²) in [5, 5.41) is 15.3. The van der Waals surface area contributed by atoms with E-state index in [4.69, 9.17) is 23.2 Å². The highest BCUT2D eigenvalue weighted by atomic mass is 35.5. The van der Waals surface area contributed by atoms with Crippen LogP contribution in [0.5, 0.6) is 0 Å². The molecular formula is C14H10Cl2N4O3. The molecule has 2 heterocycles. The Hall–Kier alpha value is -2.38. The number of pyridine rings is 1. The second kappa shape index (κ2) is 5.68. The Balaban J connectivity index is 2.30. The quantitative estimate of drug-likeness (QED) is 0.534. The number of rotatable bonds is 3. The molecule has 7 nitrogen and oxygen atoms in total. The van der Waals surface area contributed by atoms with E-state index in [2.05, 4.69) is 5.10 Å². The Morgan fingerprint density at radius 1 is 1.22 bits per heavy atom. The topological polar surface area (TPSA) is 83.0 Å². The maximum absolute atomic E-state index is 11.9. The highest BCUT2D eigenvalue weighted by molar-refractivity contribution is 6.38. The summed E-state index contributed by atoms with van der Waals surface area (Å²) < 4.78 is 3.03. The molecule has 23 heavy (non-hydrogen) atoms. The highest BCUT2D eigenvalue weighted by Gasteiger charge is 2.19. The van der Waals surface area contributed by atoms with E-state index < -0.39 is 4.92 Å². The molecule has 0 aliphatic heterocycles. The van der Waals surface area contributed by atoms with Crippen LogP contribution >= 0.6 is 23.2 Å². The van der Waals surface area contributed by atoms with Crippen LogP contribution in [0.3, 0.4) is 0 Å². The first-order chi connectivity index (χ1) is 10.9. The molecule has 0 atom stereocenters. The molecule has 0 amide bonds. The lowest BCUT2D eigenvalue weighted by Crippen LogP contribution is -2.17. The van der Waals surface area contributed by atoms with Gasteiger partial charge >= 0.3 is 0 Å². The predicted molar refractivity (Wildman–Crippen MR) is 87.7 cm³/mol. The summed E-state index contributed by atoms with van der Waals surface area (Å²) in [5.74, 6) is 0. The Labute approximate surface area is 139 Å². The van der Waals surface area contributed by atoms with Crippen molar-refractivity contribution in [3.05, 3.63) is 61.0 Å². The number of halogens is 2. The number of nitro benzene ring substituents is 1. The van der Waals surface area contributed by atoms with Gasteiger partial charge in [-0.3, -0.25) is 14.9 Å². The third kappa shape index (κ3) is 2.47. The minimum atomic E-state index is -0.572. The minimum absolute atomic E-state index is 0.100. The van der Waals surface area contributed by atoms with Gasteiger partial charge < -0.3 is 4.57 Å². The molecule has 2 aromatic heterocycles. The van der Waals surface area contributed by atoms with Gasteiger partial charge in [-0.1, -0.05) is 23.2 Å². The van der Waals surface area contributed by atoms with Crippen molar-refractivity contribution in [3.63, 3.8) is 0 Å². The van der Waals surface area contributed by atoms with Gasteiger partial charge in [0.05, 0.1) is 32.2 Å². The van der Waals surface area contributed by atoms with Crippen LogP contribution in [0.15, 0.2) is 35.3 Å². The van der Waals surface area contributed by atoms with E-state index in [1.165, 1.54) is 29.1 Å². The number of hydrogen-bond donors (Lipinski definition) is 0. The summed E-state index contributed by atoms with van der Waals surface area (Å²) in [6.45, 7) is 2.34. The summed E-state index contributed by atoms with van der Waals surface area (Å²) in [4.78, 5) is 22.2. The molecule has 0 aliphatic rings. The van der Waals surface area contributed by atoms with Crippen molar-refractivity contribution in [2.24, 2.45) is 0 Å². The summed E-state index contributed by atoms with van der Waals surface area (Å²) in [6.07, 6.45) is 1.54. The number of fused-ring (bicyclic) bond motifs is 1. The van der Waals surface area contributed by atoms with Crippen LogP contribution in [0, 0.1) is 10.1 Å². The zero-order valence-electron chi connectivity index (χ0n) is 11.9. The fourth-order valence-corrected chi connectivity index (χ4v) is 3.07. The molecule has 0 fully saturated rings. The van der Waals surface area contributed by atoms with Crippen molar-refractivity contribution in [2.75, 3.05) is 0 Å². The second-order valence-electron chi connectivity index (χ2n) is 4.76. The number of non-ortho nitro benzene ring substituents is 1. The summed E-state index contributed by atoms with van der Waals surface area (Å²) >= 11 is 12.3. The first-order valence-electron chi connectivity index (χ1n) is 6.65. The van der Waals surface area contributed by atoms with Crippen LogP contribution in [0.4, 0.5) is 5.69 Å². The molecular weight excluding hydrogens is 343 g/mol. The lowest BCUT2D eigenvalue weighted by atomic mass is 10.2. The van der Waals surface area contributed by atoms with Gasteiger partial charge in [0.15, 0.2) is 0 Å². The Morgan fingerprint density at radius 2 is 1.87 bits per heavy atom. The number of nitrogens with zero attached hydrogens (tertiary/aromatic N) is 4. The van der Waals surface area contributed by atoms with Gasteiger partial charge in [0, 0.05) is 24.7 Å². The molecule has 0 radical (unpaired) electrons. The van der Waals surface area contributed by atoms with E-state index in [1.54, 1.807) is 10.6 Å². The molecule has 0 aliphatic carbocycles. The van der Waals surface area contributed by atoms with Crippen molar-refractivity contribution in [1.29, 1.82) is 0 Å². The normalized spacial score (nSPS) is 11.1. The molecule has 3 aromatic rings. The fourth-order valence-electron chi connectivity index (χ4n) is 2.44. The van der Waals surface area contributed by atoms with Gasteiger partial charge in [0.25, 0.3) is 11.2 Å². The van der Waals surface area contributed by atoms with Crippen molar-refractivity contribution in [2.45, 2.75) is 13.5 Å². The average molecular weight is 353 g/mol. The Bertz CT molecular complexity index is 970. The molecule has 0 saturated carbocycles. The number of aryl methyl sites for hydroxylation is 1. The van der Waals surface area contributed by atoms with Gasteiger partial charge in [-0.25, -0.2) is 4.68 Å². The van der Waals surface area contributed by atoms with E-state index in [0.717, 1.165) is 0 Å². The number of hydrogen-bond acceptors (Lipinski definition) is 4.